The van der Waals surface area contributed by atoms with Gasteiger partial charge in [0.25, 0.3) is 0 Å². The summed E-state index contributed by atoms with van der Waals surface area (Å²) in [6.07, 6.45) is 3.48. The lowest BCUT2D eigenvalue weighted by Crippen LogP contribution is -2.20. The Balaban J connectivity index is 0.00000363. The van der Waals surface area contributed by atoms with Gasteiger partial charge in [0.2, 0.25) is 10.0 Å². The van der Waals surface area contributed by atoms with Crippen LogP contribution in [0.5, 0.6) is 11.5 Å². The summed E-state index contributed by atoms with van der Waals surface area (Å²) in [6.45, 7) is 2.09. The van der Waals surface area contributed by atoms with Crippen LogP contribution in [0.1, 0.15) is 40.7 Å². The van der Waals surface area contributed by atoms with Crippen LogP contribution in [0, 0.1) is 0 Å². The SMILES string of the molecule is CNS(=O)(=O)c1cc(C(=O)CCCCNCCc2ccccc2OC)cc2c1OCC2.Cl. The average molecular weight is 483 g/mol. The number of nitrogens with one attached hydrogen (secondary N) is 2. The van der Waals surface area contributed by atoms with E-state index in [0.29, 0.717) is 30.8 Å². The molecule has 0 aliphatic carbocycles. The molecule has 9 heteroatoms. The van der Waals surface area contributed by atoms with E-state index >= 15 is 0 Å². The Morgan fingerprint density at radius 1 is 1.16 bits per heavy atom. The summed E-state index contributed by atoms with van der Waals surface area (Å²) < 4.78 is 37.8. The van der Waals surface area contributed by atoms with Gasteiger partial charge in [-0.3, -0.25) is 4.79 Å². The zero-order chi connectivity index (χ0) is 22.3. The van der Waals surface area contributed by atoms with Crippen LogP contribution in [0.2, 0.25) is 0 Å². The maximum atomic E-state index is 12.7. The van der Waals surface area contributed by atoms with E-state index in [-0.39, 0.29) is 23.1 Å². The van der Waals surface area contributed by atoms with E-state index in [1.807, 2.05) is 18.2 Å². The van der Waals surface area contributed by atoms with Gasteiger partial charge in [-0.25, -0.2) is 13.1 Å². The average Bonchev–Trinajstić information content (AvgIpc) is 3.26. The molecule has 0 bridgehead atoms. The lowest BCUT2D eigenvalue weighted by molar-refractivity contribution is 0.0979. The minimum Gasteiger partial charge on any atom is -0.496 e. The number of rotatable bonds is 12. The molecule has 0 radical (unpaired) electrons. The van der Waals surface area contributed by atoms with Crippen LogP contribution < -0.4 is 19.5 Å². The summed E-state index contributed by atoms with van der Waals surface area (Å²) in [7, 11) is -0.661. The number of sulfonamides is 1. The number of Topliss-reactive ketones (excluding diaryl/α,β-unsaturated/α-hetero) is 1. The van der Waals surface area contributed by atoms with Crippen molar-refractivity contribution in [3.05, 3.63) is 53.1 Å². The number of para-hydroxylation sites is 1. The van der Waals surface area contributed by atoms with E-state index in [1.165, 1.54) is 18.7 Å². The molecule has 1 aliphatic rings. The fraction of sp³-hybridized carbons (Fsp3) is 0.435. The number of fused-ring (bicyclic) bond motifs is 1. The molecule has 0 unspecified atom stereocenters. The highest BCUT2D eigenvalue weighted by molar-refractivity contribution is 7.89. The van der Waals surface area contributed by atoms with Crippen LogP contribution in [0.3, 0.4) is 0 Å². The van der Waals surface area contributed by atoms with E-state index in [0.717, 1.165) is 43.7 Å². The maximum Gasteiger partial charge on any atom is 0.244 e. The summed E-state index contributed by atoms with van der Waals surface area (Å²) in [6, 6.07) is 11.2. The smallest absolute Gasteiger partial charge is 0.244 e. The molecule has 32 heavy (non-hydrogen) atoms. The minimum atomic E-state index is -3.69. The van der Waals surface area contributed by atoms with Crippen LogP contribution in [0.4, 0.5) is 0 Å². The lowest BCUT2D eigenvalue weighted by Gasteiger charge is -2.11. The standard InChI is InChI=1S/C23H30N2O5S.ClH/c1-24-31(27,28)22-16-19(15-18-11-14-30-23(18)22)20(26)8-5-6-12-25-13-10-17-7-3-4-9-21(17)29-2;/h3-4,7,9,15-16,24-25H,5-6,8,10-14H2,1-2H3;1H. The number of benzene rings is 2. The quantitative estimate of drug-likeness (QED) is 0.356. The summed E-state index contributed by atoms with van der Waals surface area (Å²) in [4.78, 5) is 12.7. The molecule has 0 saturated carbocycles. The second-order valence-electron chi connectivity index (χ2n) is 7.46. The third kappa shape index (κ3) is 6.45. The number of carbonyl (C=O) groups excluding carboxylic acids is 1. The molecule has 2 N–H and O–H groups in total. The molecule has 0 fully saturated rings. The fourth-order valence-electron chi connectivity index (χ4n) is 3.68. The largest absolute Gasteiger partial charge is 0.496 e. The first-order valence-corrected chi connectivity index (χ1v) is 12.0. The first kappa shape index (κ1) is 26.1. The summed E-state index contributed by atoms with van der Waals surface area (Å²) >= 11 is 0. The zero-order valence-corrected chi connectivity index (χ0v) is 20.1. The van der Waals surface area contributed by atoms with Gasteiger partial charge < -0.3 is 14.8 Å². The van der Waals surface area contributed by atoms with Crippen molar-refractivity contribution < 1.29 is 22.7 Å². The van der Waals surface area contributed by atoms with Crippen molar-refractivity contribution in [2.75, 3.05) is 33.9 Å². The topological polar surface area (TPSA) is 93.7 Å². The number of methoxy groups -OCH3 is 1. The van der Waals surface area contributed by atoms with Crippen LogP contribution >= 0.6 is 12.4 Å². The number of hydrogen-bond acceptors (Lipinski definition) is 6. The molecule has 1 aliphatic heterocycles. The molecule has 0 amide bonds. The highest BCUT2D eigenvalue weighted by Gasteiger charge is 2.26. The Bertz CT molecular complexity index is 1030. The van der Waals surface area contributed by atoms with Crippen molar-refractivity contribution >= 4 is 28.2 Å². The Hall–Kier alpha value is -2.13. The van der Waals surface area contributed by atoms with Gasteiger partial charge in [0, 0.05) is 18.4 Å². The van der Waals surface area contributed by atoms with Crippen LogP contribution in [-0.2, 0) is 22.9 Å². The van der Waals surface area contributed by atoms with Crippen molar-refractivity contribution in [3.63, 3.8) is 0 Å². The Kier molecular flexibility index (Phi) is 9.96. The first-order valence-electron chi connectivity index (χ1n) is 10.6. The molecule has 0 atom stereocenters. The molecule has 0 spiro atoms. The van der Waals surface area contributed by atoms with Gasteiger partial charge in [-0.05, 0) is 68.7 Å². The number of halogens is 1. The maximum absolute atomic E-state index is 12.7. The Labute approximate surface area is 196 Å². The van der Waals surface area contributed by atoms with Gasteiger partial charge in [0.15, 0.2) is 5.78 Å². The van der Waals surface area contributed by atoms with E-state index < -0.39 is 10.0 Å². The van der Waals surface area contributed by atoms with Crippen LogP contribution in [-0.4, -0.2) is 48.1 Å². The highest BCUT2D eigenvalue weighted by atomic mass is 35.5. The van der Waals surface area contributed by atoms with E-state index in [2.05, 4.69) is 16.1 Å². The molecule has 176 valence electrons. The van der Waals surface area contributed by atoms with E-state index in [9.17, 15) is 13.2 Å². The molecule has 2 aromatic carbocycles. The second kappa shape index (κ2) is 12.2. The molecular weight excluding hydrogens is 452 g/mol. The number of hydrogen-bond donors (Lipinski definition) is 2. The predicted octanol–water partition coefficient (Wildman–Crippen LogP) is 3.15. The monoisotopic (exact) mass is 482 g/mol. The third-order valence-electron chi connectivity index (χ3n) is 5.40. The second-order valence-corrected chi connectivity index (χ2v) is 9.32. The highest BCUT2D eigenvalue weighted by Crippen LogP contribution is 2.34. The van der Waals surface area contributed by atoms with Gasteiger partial charge >= 0.3 is 0 Å². The summed E-state index contributed by atoms with van der Waals surface area (Å²) in [5.74, 6) is 1.22. The van der Waals surface area contributed by atoms with E-state index in [4.69, 9.17) is 9.47 Å². The van der Waals surface area contributed by atoms with Crippen molar-refractivity contribution in [1.29, 1.82) is 0 Å². The van der Waals surface area contributed by atoms with Crippen molar-refractivity contribution in [1.82, 2.24) is 10.0 Å². The molecule has 0 aromatic heterocycles. The number of ether oxygens (including phenoxy) is 2. The summed E-state index contributed by atoms with van der Waals surface area (Å²) in [5.41, 5.74) is 2.38. The van der Waals surface area contributed by atoms with Crippen molar-refractivity contribution in [2.45, 2.75) is 37.0 Å². The molecule has 7 nitrogen and oxygen atoms in total. The van der Waals surface area contributed by atoms with Gasteiger partial charge in [0.1, 0.15) is 16.4 Å². The van der Waals surface area contributed by atoms with Crippen LogP contribution in [0.15, 0.2) is 41.3 Å². The molecular formula is C23H31ClN2O5S. The Morgan fingerprint density at radius 3 is 2.69 bits per heavy atom. The molecule has 2 aromatic rings. The fourth-order valence-corrected chi connectivity index (χ4v) is 4.62. The number of ketones is 1. The van der Waals surface area contributed by atoms with Crippen molar-refractivity contribution in [2.24, 2.45) is 0 Å². The zero-order valence-electron chi connectivity index (χ0n) is 18.5. The van der Waals surface area contributed by atoms with Gasteiger partial charge in [0.05, 0.1) is 13.7 Å². The van der Waals surface area contributed by atoms with Gasteiger partial charge in [-0.2, -0.15) is 0 Å². The lowest BCUT2D eigenvalue weighted by atomic mass is 10.0. The summed E-state index contributed by atoms with van der Waals surface area (Å²) in [5, 5.41) is 3.40. The predicted molar refractivity (Wildman–Crippen MR) is 127 cm³/mol. The minimum absolute atomic E-state index is 0. The third-order valence-corrected chi connectivity index (χ3v) is 6.82. The molecule has 3 rings (SSSR count). The molecule has 1 heterocycles. The van der Waals surface area contributed by atoms with Gasteiger partial charge in [-0.1, -0.05) is 18.2 Å². The van der Waals surface area contributed by atoms with Crippen LogP contribution in [0.25, 0.3) is 0 Å². The number of unbranched alkanes of at least 4 members (excludes halogenated alkanes) is 1. The number of carbonyl (C=O) groups is 1. The van der Waals surface area contributed by atoms with Crippen molar-refractivity contribution in [3.8, 4) is 11.5 Å². The Morgan fingerprint density at radius 2 is 1.94 bits per heavy atom. The first-order chi connectivity index (χ1) is 15.0. The molecule has 0 saturated heterocycles. The van der Waals surface area contributed by atoms with Gasteiger partial charge in [-0.15, -0.1) is 12.4 Å². The van der Waals surface area contributed by atoms with E-state index in [1.54, 1.807) is 13.2 Å². The normalized spacial score (nSPS) is 12.6.